The average molecular weight is 395 g/mol. The highest BCUT2D eigenvalue weighted by molar-refractivity contribution is 7.87. The molecule has 0 bridgehead atoms. The molecule has 3 aromatic carbocycles. The largest absolute Gasteiger partial charge is 0.379 e. The third-order valence-corrected chi connectivity index (χ3v) is 5.54. The van der Waals surface area contributed by atoms with Crippen molar-refractivity contribution in [3.63, 3.8) is 0 Å². The summed E-state index contributed by atoms with van der Waals surface area (Å²) < 4.78 is 29.6. The molecule has 0 unspecified atom stereocenters. The molecule has 0 saturated carbocycles. The lowest BCUT2D eigenvalue weighted by atomic mass is 10.1. The minimum atomic E-state index is -3.90. The van der Waals surface area contributed by atoms with E-state index in [9.17, 15) is 13.2 Å². The molecule has 0 spiro atoms. The van der Waals surface area contributed by atoms with Crippen LogP contribution in [0, 0.1) is 0 Å². The minimum absolute atomic E-state index is 0.0452. The Hall–Kier alpha value is -2.96. The first kappa shape index (κ1) is 19.8. The summed E-state index contributed by atoms with van der Waals surface area (Å²) in [5, 5.41) is 3.19. The van der Waals surface area contributed by atoms with Gasteiger partial charge in [0, 0.05) is 11.6 Å². The van der Waals surface area contributed by atoms with E-state index in [0.29, 0.717) is 5.56 Å². The molecule has 1 N–H and O–H groups in total. The summed E-state index contributed by atoms with van der Waals surface area (Å²) in [7, 11) is -3.90. The van der Waals surface area contributed by atoms with Crippen molar-refractivity contribution in [2.75, 3.05) is 6.54 Å². The molecule has 0 aliphatic heterocycles. The van der Waals surface area contributed by atoms with Gasteiger partial charge in [-0.2, -0.15) is 8.42 Å². The standard InChI is InChI=1S/C22H21NO4S/c1-17(18-8-4-2-5-9-18)23-16-22(24)19-12-14-20(15-13-19)27-28(25,26)21-10-6-3-7-11-21/h2-15,17,23H,16H2,1H3/t17-/m1/s1. The summed E-state index contributed by atoms with van der Waals surface area (Å²) in [5.74, 6) is 0.0752. The van der Waals surface area contributed by atoms with Gasteiger partial charge in [-0.25, -0.2) is 0 Å². The van der Waals surface area contributed by atoms with Crippen LogP contribution in [0.1, 0.15) is 28.9 Å². The molecule has 0 saturated heterocycles. The maximum absolute atomic E-state index is 12.4. The molecule has 0 aliphatic rings. The number of hydrogen-bond acceptors (Lipinski definition) is 5. The van der Waals surface area contributed by atoms with Gasteiger partial charge in [0.25, 0.3) is 0 Å². The van der Waals surface area contributed by atoms with Crippen molar-refractivity contribution in [2.45, 2.75) is 17.9 Å². The van der Waals surface area contributed by atoms with E-state index in [1.165, 1.54) is 24.3 Å². The second kappa shape index (κ2) is 8.82. The van der Waals surface area contributed by atoms with Gasteiger partial charge in [0.2, 0.25) is 0 Å². The first-order valence-corrected chi connectivity index (χ1v) is 10.3. The van der Waals surface area contributed by atoms with Crippen LogP contribution in [0.5, 0.6) is 5.75 Å². The Morgan fingerprint density at radius 3 is 2.07 bits per heavy atom. The van der Waals surface area contributed by atoms with Crippen LogP contribution in [0.2, 0.25) is 0 Å². The molecule has 3 aromatic rings. The van der Waals surface area contributed by atoms with Crippen LogP contribution < -0.4 is 9.50 Å². The Kier molecular flexibility index (Phi) is 6.23. The number of rotatable bonds is 8. The van der Waals surface area contributed by atoms with Crippen LogP contribution in [-0.4, -0.2) is 20.7 Å². The van der Waals surface area contributed by atoms with Gasteiger partial charge in [0.15, 0.2) is 5.78 Å². The third kappa shape index (κ3) is 5.06. The SMILES string of the molecule is C[C@@H](NCC(=O)c1ccc(OS(=O)(=O)c2ccccc2)cc1)c1ccccc1. The number of carbonyl (C=O) groups excluding carboxylic acids is 1. The van der Waals surface area contributed by atoms with E-state index in [-0.39, 0.29) is 29.0 Å². The maximum atomic E-state index is 12.4. The summed E-state index contributed by atoms with van der Waals surface area (Å²) in [6.07, 6.45) is 0. The van der Waals surface area contributed by atoms with Crippen molar-refractivity contribution in [1.29, 1.82) is 0 Å². The number of ketones is 1. The molecule has 0 amide bonds. The van der Waals surface area contributed by atoms with E-state index < -0.39 is 10.1 Å². The Morgan fingerprint density at radius 1 is 0.893 bits per heavy atom. The van der Waals surface area contributed by atoms with E-state index >= 15 is 0 Å². The lowest BCUT2D eigenvalue weighted by molar-refractivity contribution is 0.0988. The highest BCUT2D eigenvalue weighted by Crippen LogP contribution is 2.19. The molecule has 0 heterocycles. The molecule has 28 heavy (non-hydrogen) atoms. The second-order valence-electron chi connectivity index (χ2n) is 6.31. The number of Topliss-reactive ketones (excluding diaryl/α,β-unsaturated/α-hetero) is 1. The first-order chi connectivity index (χ1) is 13.5. The summed E-state index contributed by atoms with van der Waals surface area (Å²) in [6.45, 7) is 2.17. The van der Waals surface area contributed by atoms with Gasteiger partial charge in [0.1, 0.15) is 10.6 Å². The highest BCUT2D eigenvalue weighted by Gasteiger charge is 2.16. The van der Waals surface area contributed by atoms with Gasteiger partial charge in [0.05, 0.1) is 6.54 Å². The van der Waals surface area contributed by atoms with Crippen LogP contribution in [0.4, 0.5) is 0 Å². The number of carbonyl (C=O) groups is 1. The first-order valence-electron chi connectivity index (χ1n) is 8.87. The van der Waals surface area contributed by atoms with Crippen molar-refractivity contribution >= 4 is 15.9 Å². The molecule has 144 valence electrons. The topological polar surface area (TPSA) is 72.5 Å². The Bertz CT molecular complexity index is 1020. The van der Waals surface area contributed by atoms with Crippen LogP contribution >= 0.6 is 0 Å². The van der Waals surface area contributed by atoms with Crippen LogP contribution in [0.15, 0.2) is 89.8 Å². The number of nitrogens with one attached hydrogen (secondary N) is 1. The van der Waals surface area contributed by atoms with Crippen molar-refractivity contribution in [1.82, 2.24) is 5.32 Å². The van der Waals surface area contributed by atoms with Gasteiger partial charge >= 0.3 is 10.1 Å². The molecule has 6 heteroatoms. The molecule has 3 rings (SSSR count). The normalized spacial score (nSPS) is 12.3. The second-order valence-corrected chi connectivity index (χ2v) is 7.86. The molecule has 0 radical (unpaired) electrons. The van der Waals surface area contributed by atoms with E-state index in [0.717, 1.165) is 5.56 Å². The van der Waals surface area contributed by atoms with Crippen molar-refractivity contribution in [3.8, 4) is 5.75 Å². The third-order valence-electron chi connectivity index (χ3n) is 4.28. The zero-order valence-electron chi connectivity index (χ0n) is 15.4. The highest BCUT2D eigenvalue weighted by atomic mass is 32.2. The quantitative estimate of drug-likeness (QED) is 0.461. The zero-order chi connectivity index (χ0) is 20.0. The molecule has 0 aliphatic carbocycles. The lowest BCUT2D eigenvalue weighted by Crippen LogP contribution is -2.26. The summed E-state index contributed by atoms with van der Waals surface area (Å²) in [5.41, 5.74) is 1.59. The van der Waals surface area contributed by atoms with E-state index in [2.05, 4.69) is 5.32 Å². The number of hydrogen-bond donors (Lipinski definition) is 1. The monoisotopic (exact) mass is 395 g/mol. The zero-order valence-corrected chi connectivity index (χ0v) is 16.2. The molecular formula is C22H21NO4S. The molecule has 5 nitrogen and oxygen atoms in total. The fourth-order valence-electron chi connectivity index (χ4n) is 2.67. The van der Waals surface area contributed by atoms with Gasteiger partial charge < -0.3 is 9.50 Å². The molecule has 1 atom stereocenters. The van der Waals surface area contributed by atoms with Gasteiger partial charge in [-0.3, -0.25) is 4.79 Å². The van der Waals surface area contributed by atoms with Gasteiger partial charge in [-0.05, 0) is 48.9 Å². The van der Waals surface area contributed by atoms with Crippen LogP contribution in [0.3, 0.4) is 0 Å². The minimum Gasteiger partial charge on any atom is -0.379 e. The Morgan fingerprint density at radius 2 is 1.46 bits per heavy atom. The summed E-state index contributed by atoms with van der Waals surface area (Å²) in [4.78, 5) is 12.5. The predicted octanol–water partition coefficient (Wildman–Crippen LogP) is 3.99. The van der Waals surface area contributed by atoms with E-state index in [1.807, 2.05) is 37.3 Å². The van der Waals surface area contributed by atoms with E-state index in [1.54, 1.807) is 30.3 Å². The van der Waals surface area contributed by atoms with Crippen LogP contribution in [0.25, 0.3) is 0 Å². The molecular weight excluding hydrogens is 374 g/mol. The predicted molar refractivity (Wildman–Crippen MR) is 108 cm³/mol. The lowest BCUT2D eigenvalue weighted by Gasteiger charge is -2.13. The van der Waals surface area contributed by atoms with Crippen molar-refractivity contribution in [2.24, 2.45) is 0 Å². The van der Waals surface area contributed by atoms with Gasteiger partial charge in [-0.15, -0.1) is 0 Å². The fraction of sp³-hybridized carbons (Fsp3) is 0.136. The average Bonchev–Trinajstić information content (AvgIpc) is 2.73. The summed E-state index contributed by atoms with van der Waals surface area (Å²) in [6, 6.07) is 23.9. The van der Waals surface area contributed by atoms with Crippen molar-refractivity contribution in [3.05, 3.63) is 96.1 Å². The Balaban J connectivity index is 1.60. The Labute approximate surface area is 165 Å². The smallest absolute Gasteiger partial charge is 0.339 e. The van der Waals surface area contributed by atoms with Crippen LogP contribution in [-0.2, 0) is 10.1 Å². The van der Waals surface area contributed by atoms with E-state index in [4.69, 9.17) is 4.18 Å². The molecule has 0 fully saturated rings. The summed E-state index contributed by atoms with van der Waals surface area (Å²) >= 11 is 0. The number of benzene rings is 3. The fourth-order valence-corrected chi connectivity index (χ4v) is 3.62. The van der Waals surface area contributed by atoms with Crippen molar-refractivity contribution < 1.29 is 17.4 Å². The van der Waals surface area contributed by atoms with Gasteiger partial charge in [-0.1, -0.05) is 48.5 Å². The molecule has 0 aromatic heterocycles. The maximum Gasteiger partial charge on any atom is 0.339 e.